The number of piperazine rings is 1. The molecule has 2 N–H and O–H groups in total. The number of amides is 1. The zero-order chi connectivity index (χ0) is 17.9. The fourth-order valence-corrected chi connectivity index (χ4v) is 2.92. The zero-order valence-electron chi connectivity index (χ0n) is 14.9. The van der Waals surface area contributed by atoms with E-state index >= 15 is 0 Å². The van der Waals surface area contributed by atoms with Gasteiger partial charge in [-0.1, -0.05) is 13.8 Å². The topological polar surface area (TPSA) is 75.9 Å². The van der Waals surface area contributed by atoms with Gasteiger partial charge in [-0.15, -0.1) is 0 Å². The maximum Gasteiger partial charge on any atom is 0.337 e. The molecule has 1 aromatic carbocycles. The van der Waals surface area contributed by atoms with E-state index in [1.807, 2.05) is 37.8 Å². The number of esters is 1. The third kappa shape index (κ3) is 3.87. The lowest BCUT2D eigenvalue weighted by atomic mass is 10.0. The fraction of sp³-hybridized carbons (Fsp3) is 0.556. The monoisotopic (exact) mass is 333 g/mol. The molecule has 0 aliphatic carbocycles. The molecule has 1 aromatic rings. The summed E-state index contributed by atoms with van der Waals surface area (Å²) in [6, 6.07) is 7.00. The van der Waals surface area contributed by atoms with Crippen molar-refractivity contribution in [3.63, 3.8) is 0 Å². The molecule has 0 saturated carbocycles. The Morgan fingerprint density at radius 3 is 2.33 bits per heavy atom. The van der Waals surface area contributed by atoms with Gasteiger partial charge in [-0.2, -0.15) is 0 Å². The number of nitrogens with zero attached hydrogens (tertiary/aromatic N) is 2. The van der Waals surface area contributed by atoms with E-state index in [4.69, 9.17) is 10.5 Å². The largest absolute Gasteiger partial charge is 0.465 e. The van der Waals surface area contributed by atoms with Gasteiger partial charge in [0.1, 0.15) is 0 Å². The maximum absolute atomic E-state index is 12.5. The second-order valence-electron chi connectivity index (χ2n) is 6.63. The number of methoxy groups -OCH3 is 1. The first-order valence-electron chi connectivity index (χ1n) is 8.34. The van der Waals surface area contributed by atoms with Crippen molar-refractivity contribution in [1.29, 1.82) is 0 Å². The van der Waals surface area contributed by atoms with E-state index in [1.165, 1.54) is 7.11 Å². The van der Waals surface area contributed by atoms with Gasteiger partial charge >= 0.3 is 5.97 Å². The molecule has 24 heavy (non-hydrogen) atoms. The molecule has 6 nitrogen and oxygen atoms in total. The summed E-state index contributed by atoms with van der Waals surface area (Å²) in [4.78, 5) is 28.1. The van der Waals surface area contributed by atoms with Crippen LogP contribution in [-0.2, 0) is 9.53 Å². The molecule has 2 rings (SSSR count). The van der Waals surface area contributed by atoms with Crippen molar-refractivity contribution in [2.45, 2.75) is 32.9 Å². The van der Waals surface area contributed by atoms with Crippen LogP contribution in [0.25, 0.3) is 0 Å². The molecule has 0 bridgehead atoms. The highest BCUT2D eigenvalue weighted by molar-refractivity contribution is 5.89. The van der Waals surface area contributed by atoms with Gasteiger partial charge in [-0.25, -0.2) is 4.79 Å². The van der Waals surface area contributed by atoms with Gasteiger partial charge in [-0.05, 0) is 37.1 Å². The Bertz CT molecular complexity index is 586. The maximum atomic E-state index is 12.5. The number of benzene rings is 1. The minimum absolute atomic E-state index is 0.0261. The lowest BCUT2D eigenvalue weighted by Crippen LogP contribution is -2.58. The van der Waals surface area contributed by atoms with Gasteiger partial charge in [0.05, 0.1) is 18.7 Å². The van der Waals surface area contributed by atoms with E-state index in [0.29, 0.717) is 12.1 Å². The first kappa shape index (κ1) is 18.3. The Hall–Kier alpha value is -2.08. The van der Waals surface area contributed by atoms with Crippen molar-refractivity contribution in [3.05, 3.63) is 29.8 Å². The second kappa shape index (κ2) is 7.66. The summed E-state index contributed by atoms with van der Waals surface area (Å²) < 4.78 is 4.71. The average Bonchev–Trinajstić information content (AvgIpc) is 2.59. The highest BCUT2D eigenvalue weighted by Crippen LogP contribution is 2.21. The highest BCUT2D eigenvalue weighted by atomic mass is 16.5. The third-order valence-corrected chi connectivity index (χ3v) is 4.57. The predicted molar refractivity (Wildman–Crippen MR) is 94.0 cm³/mol. The van der Waals surface area contributed by atoms with Crippen LogP contribution in [0.1, 0.15) is 31.1 Å². The first-order chi connectivity index (χ1) is 11.3. The summed E-state index contributed by atoms with van der Waals surface area (Å²) in [5, 5.41) is 0. The van der Waals surface area contributed by atoms with Crippen molar-refractivity contribution in [2.24, 2.45) is 11.7 Å². The summed E-state index contributed by atoms with van der Waals surface area (Å²) in [5.74, 6) is -0.181. The number of rotatable bonds is 4. The molecule has 132 valence electrons. The quantitative estimate of drug-likeness (QED) is 0.845. The minimum Gasteiger partial charge on any atom is -0.465 e. The molecule has 6 heteroatoms. The van der Waals surface area contributed by atoms with Gasteiger partial charge in [0.2, 0.25) is 5.91 Å². The molecular formula is C18H27N3O3. The Balaban J connectivity index is 2.02. The fourth-order valence-electron chi connectivity index (χ4n) is 2.92. The van der Waals surface area contributed by atoms with E-state index < -0.39 is 6.04 Å². The molecule has 0 radical (unpaired) electrons. The molecule has 1 unspecified atom stereocenters. The lowest BCUT2D eigenvalue weighted by molar-refractivity contribution is -0.136. The SMILES string of the molecule is COC(=O)c1ccc(N2CCN(C(=O)[C@@H](N)C(C)C)C(C)C2)cc1. The number of carbonyl (C=O) groups is 2. The molecule has 1 saturated heterocycles. The van der Waals surface area contributed by atoms with Crippen LogP contribution >= 0.6 is 0 Å². The number of carbonyl (C=O) groups excluding carboxylic acids is 2. The van der Waals surface area contributed by atoms with Crippen LogP contribution in [0.3, 0.4) is 0 Å². The molecule has 0 aromatic heterocycles. The lowest BCUT2D eigenvalue weighted by Gasteiger charge is -2.42. The van der Waals surface area contributed by atoms with E-state index in [9.17, 15) is 9.59 Å². The van der Waals surface area contributed by atoms with E-state index in [1.54, 1.807) is 12.1 Å². The predicted octanol–water partition coefficient (Wildman–Crippen LogP) is 1.49. The third-order valence-electron chi connectivity index (χ3n) is 4.57. The molecule has 1 heterocycles. The first-order valence-corrected chi connectivity index (χ1v) is 8.34. The zero-order valence-corrected chi connectivity index (χ0v) is 14.9. The Labute approximate surface area is 143 Å². The van der Waals surface area contributed by atoms with Crippen LogP contribution in [0, 0.1) is 5.92 Å². The number of anilines is 1. The van der Waals surface area contributed by atoms with E-state index in [-0.39, 0.29) is 23.8 Å². The molecular weight excluding hydrogens is 306 g/mol. The summed E-state index contributed by atoms with van der Waals surface area (Å²) in [6.07, 6.45) is 0. The van der Waals surface area contributed by atoms with Crippen molar-refractivity contribution >= 4 is 17.6 Å². The van der Waals surface area contributed by atoms with Crippen LogP contribution in [0.2, 0.25) is 0 Å². The summed E-state index contributed by atoms with van der Waals surface area (Å²) in [5.41, 5.74) is 7.58. The Morgan fingerprint density at radius 1 is 1.21 bits per heavy atom. The molecule has 0 spiro atoms. The van der Waals surface area contributed by atoms with E-state index in [2.05, 4.69) is 4.90 Å². The van der Waals surface area contributed by atoms with Gasteiger partial charge < -0.3 is 20.3 Å². The number of ether oxygens (including phenoxy) is 1. The molecule has 2 atom stereocenters. The standard InChI is InChI=1S/C18H27N3O3/c1-12(2)16(19)17(22)21-10-9-20(11-13(21)3)15-7-5-14(6-8-15)18(23)24-4/h5-8,12-13,16H,9-11,19H2,1-4H3/t13?,16-/m0/s1. The highest BCUT2D eigenvalue weighted by Gasteiger charge is 2.31. The summed E-state index contributed by atoms with van der Waals surface area (Å²) in [6.45, 7) is 8.12. The van der Waals surface area contributed by atoms with Gasteiger partial charge in [0.15, 0.2) is 0 Å². The normalized spacial score (nSPS) is 19.3. The van der Waals surface area contributed by atoms with E-state index in [0.717, 1.165) is 18.8 Å². The Morgan fingerprint density at radius 2 is 1.83 bits per heavy atom. The van der Waals surface area contributed by atoms with Crippen molar-refractivity contribution in [2.75, 3.05) is 31.6 Å². The van der Waals surface area contributed by atoms with Crippen molar-refractivity contribution in [3.8, 4) is 0 Å². The van der Waals surface area contributed by atoms with Gasteiger partial charge in [0, 0.05) is 31.4 Å². The van der Waals surface area contributed by atoms with Crippen LogP contribution < -0.4 is 10.6 Å². The van der Waals surface area contributed by atoms with Gasteiger partial charge in [-0.3, -0.25) is 4.79 Å². The molecule has 1 aliphatic heterocycles. The van der Waals surface area contributed by atoms with Crippen LogP contribution in [0.5, 0.6) is 0 Å². The van der Waals surface area contributed by atoms with Crippen molar-refractivity contribution in [1.82, 2.24) is 4.90 Å². The number of hydrogen-bond donors (Lipinski definition) is 1. The smallest absolute Gasteiger partial charge is 0.337 e. The van der Waals surface area contributed by atoms with Crippen LogP contribution in [-0.4, -0.2) is 55.6 Å². The summed E-state index contributed by atoms with van der Waals surface area (Å²) in [7, 11) is 1.37. The van der Waals surface area contributed by atoms with Gasteiger partial charge in [0.25, 0.3) is 0 Å². The number of hydrogen-bond acceptors (Lipinski definition) is 5. The van der Waals surface area contributed by atoms with Crippen LogP contribution in [0.4, 0.5) is 5.69 Å². The van der Waals surface area contributed by atoms with Crippen LogP contribution in [0.15, 0.2) is 24.3 Å². The second-order valence-corrected chi connectivity index (χ2v) is 6.63. The molecule has 1 amide bonds. The number of nitrogens with two attached hydrogens (primary N) is 1. The average molecular weight is 333 g/mol. The minimum atomic E-state index is -0.446. The van der Waals surface area contributed by atoms with Crippen molar-refractivity contribution < 1.29 is 14.3 Å². The summed E-state index contributed by atoms with van der Waals surface area (Å²) >= 11 is 0. The molecule has 1 aliphatic rings. The molecule has 1 fully saturated rings. The Kier molecular flexibility index (Phi) is 5.83.